The van der Waals surface area contributed by atoms with Crippen LogP contribution in [0.15, 0.2) is 54.7 Å². The molecule has 0 saturated heterocycles. The maximum Gasteiger partial charge on any atom is 0.223 e. The predicted octanol–water partition coefficient (Wildman–Crippen LogP) is 4.04. The second-order valence-electron chi connectivity index (χ2n) is 4.90. The third kappa shape index (κ3) is 3.83. The van der Waals surface area contributed by atoms with Crippen LogP contribution in [0.4, 0.5) is 0 Å². The lowest BCUT2D eigenvalue weighted by molar-refractivity contribution is 0.340. The van der Waals surface area contributed by atoms with Crippen LogP contribution in [-0.2, 0) is 0 Å². The molecule has 2 heterocycles. The van der Waals surface area contributed by atoms with Gasteiger partial charge < -0.3 is 9.47 Å². The summed E-state index contributed by atoms with van der Waals surface area (Å²) in [6, 6.07) is 15.0. The Labute approximate surface area is 135 Å². The van der Waals surface area contributed by atoms with Crippen molar-refractivity contribution in [3.05, 3.63) is 60.4 Å². The van der Waals surface area contributed by atoms with Crippen molar-refractivity contribution in [2.45, 2.75) is 13.8 Å². The number of benzene rings is 1. The molecule has 2 aromatic heterocycles. The van der Waals surface area contributed by atoms with Crippen molar-refractivity contribution in [3.8, 4) is 28.9 Å². The molecule has 0 aliphatic rings. The Hall–Kier alpha value is -2.95. The van der Waals surface area contributed by atoms with Gasteiger partial charge in [0.15, 0.2) is 5.82 Å². The molecule has 0 saturated carbocycles. The fraction of sp³-hybridized carbons (Fsp3) is 0.167. The van der Waals surface area contributed by atoms with Crippen molar-refractivity contribution < 1.29 is 9.47 Å². The lowest BCUT2D eigenvalue weighted by Crippen LogP contribution is -1.98. The molecule has 0 unspecified atom stereocenters. The van der Waals surface area contributed by atoms with Crippen LogP contribution in [0.25, 0.3) is 11.5 Å². The van der Waals surface area contributed by atoms with E-state index in [1.54, 1.807) is 12.3 Å². The third-order valence-corrected chi connectivity index (χ3v) is 3.07. The summed E-state index contributed by atoms with van der Waals surface area (Å²) in [6.45, 7) is 4.44. The Balaban J connectivity index is 1.92. The predicted molar refractivity (Wildman–Crippen MR) is 87.7 cm³/mol. The molecule has 0 amide bonds. The summed E-state index contributed by atoms with van der Waals surface area (Å²) < 4.78 is 11.3. The molecule has 0 aliphatic heterocycles. The minimum atomic E-state index is 0.488. The highest BCUT2D eigenvalue weighted by atomic mass is 16.5. The van der Waals surface area contributed by atoms with Crippen LogP contribution in [0.1, 0.15) is 12.6 Å². The molecule has 3 rings (SSSR count). The maximum absolute atomic E-state index is 5.79. The molecule has 0 atom stereocenters. The maximum atomic E-state index is 5.79. The van der Waals surface area contributed by atoms with Crippen LogP contribution in [0.5, 0.6) is 17.4 Å². The summed E-state index contributed by atoms with van der Waals surface area (Å²) >= 11 is 0. The molecule has 0 aliphatic carbocycles. The van der Waals surface area contributed by atoms with E-state index in [0.717, 1.165) is 17.2 Å². The van der Waals surface area contributed by atoms with Crippen molar-refractivity contribution >= 4 is 0 Å². The van der Waals surface area contributed by atoms with E-state index in [2.05, 4.69) is 15.0 Å². The first-order valence-electron chi connectivity index (χ1n) is 7.42. The monoisotopic (exact) mass is 307 g/mol. The van der Waals surface area contributed by atoms with Gasteiger partial charge in [0.05, 0.1) is 6.61 Å². The van der Waals surface area contributed by atoms with Crippen molar-refractivity contribution in [2.75, 3.05) is 6.61 Å². The molecular formula is C18H17N3O2. The van der Waals surface area contributed by atoms with E-state index in [-0.39, 0.29) is 0 Å². The molecule has 0 fully saturated rings. The number of para-hydroxylation sites is 1. The fourth-order valence-electron chi connectivity index (χ4n) is 2.11. The van der Waals surface area contributed by atoms with Gasteiger partial charge in [-0.2, -0.15) is 4.98 Å². The summed E-state index contributed by atoms with van der Waals surface area (Å²) in [5.41, 5.74) is 1.46. The Morgan fingerprint density at radius 1 is 0.957 bits per heavy atom. The number of aryl methyl sites for hydroxylation is 1. The Kier molecular flexibility index (Phi) is 4.47. The van der Waals surface area contributed by atoms with E-state index < -0.39 is 0 Å². The number of pyridine rings is 1. The van der Waals surface area contributed by atoms with Gasteiger partial charge in [0.2, 0.25) is 5.88 Å². The van der Waals surface area contributed by atoms with Crippen LogP contribution in [0, 0.1) is 6.92 Å². The Bertz CT molecular complexity index is 791. The Morgan fingerprint density at radius 3 is 2.57 bits per heavy atom. The second kappa shape index (κ2) is 6.87. The smallest absolute Gasteiger partial charge is 0.223 e. The molecule has 3 aromatic rings. The fourth-order valence-corrected chi connectivity index (χ4v) is 2.11. The number of aromatic nitrogens is 3. The molecular weight excluding hydrogens is 290 g/mol. The SMILES string of the molecule is CCOc1ccnc(-c2nc(C)cc(Oc3ccccc3)n2)c1. The number of rotatable bonds is 5. The first-order chi connectivity index (χ1) is 11.2. The molecule has 5 nitrogen and oxygen atoms in total. The average Bonchev–Trinajstić information content (AvgIpc) is 2.56. The molecule has 0 radical (unpaired) electrons. The highest BCUT2D eigenvalue weighted by Gasteiger charge is 2.09. The van der Waals surface area contributed by atoms with Gasteiger partial charge in [0.25, 0.3) is 0 Å². The number of hydrogen-bond donors (Lipinski definition) is 0. The number of ether oxygens (including phenoxy) is 2. The van der Waals surface area contributed by atoms with Crippen molar-refractivity contribution in [1.29, 1.82) is 0 Å². The molecule has 0 N–H and O–H groups in total. The molecule has 0 bridgehead atoms. The van der Waals surface area contributed by atoms with E-state index in [0.29, 0.717) is 24.0 Å². The summed E-state index contributed by atoms with van der Waals surface area (Å²) in [5.74, 6) is 2.47. The lowest BCUT2D eigenvalue weighted by atomic mass is 10.3. The van der Waals surface area contributed by atoms with Crippen LogP contribution < -0.4 is 9.47 Å². The molecule has 0 spiro atoms. The summed E-state index contributed by atoms with van der Waals surface area (Å²) in [6.07, 6.45) is 1.68. The van der Waals surface area contributed by atoms with E-state index in [4.69, 9.17) is 9.47 Å². The van der Waals surface area contributed by atoms with Crippen molar-refractivity contribution in [1.82, 2.24) is 15.0 Å². The standard InChI is InChI=1S/C18H17N3O2/c1-3-22-15-9-10-19-16(12-15)18-20-13(2)11-17(21-18)23-14-7-5-4-6-8-14/h4-12H,3H2,1-2H3. The molecule has 5 heteroatoms. The molecule has 1 aromatic carbocycles. The van der Waals surface area contributed by atoms with E-state index in [1.807, 2.05) is 56.3 Å². The third-order valence-electron chi connectivity index (χ3n) is 3.07. The quantitative estimate of drug-likeness (QED) is 0.712. The first kappa shape index (κ1) is 15.0. The van der Waals surface area contributed by atoms with Crippen molar-refractivity contribution in [2.24, 2.45) is 0 Å². The van der Waals surface area contributed by atoms with Gasteiger partial charge in [-0.3, -0.25) is 4.98 Å². The van der Waals surface area contributed by atoms with Crippen LogP contribution in [0.2, 0.25) is 0 Å². The topological polar surface area (TPSA) is 57.1 Å². The zero-order valence-corrected chi connectivity index (χ0v) is 13.1. The average molecular weight is 307 g/mol. The van der Waals surface area contributed by atoms with Gasteiger partial charge in [0, 0.05) is 24.0 Å². The highest BCUT2D eigenvalue weighted by molar-refractivity contribution is 5.52. The van der Waals surface area contributed by atoms with E-state index in [1.165, 1.54) is 0 Å². The zero-order valence-electron chi connectivity index (χ0n) is 13.1. The lowest BCUT2D eigenvalue weighted by Gasteiger charge is -2.08. The second-order valence-corrected chi connectivity index (χ2v) is 4.90. The van der Waals surface area contributed by atoms with Gasteiger partial charge >= 0.3 is 0 Å². The van der Waals surface area contributed by atoms with Gasteiger partial charge in [-0.15, -0.1) is 0 Å². The van der Waals surface area contributed by atoms with Gasteiger partial charge in [-0.25, -0.2) is 4.98 Å². The zero-order chi connectivity index (χ0) is 16.1. The van der Waals surface area contributed by atoms with Gasteiger partial charge in [-0.05, 0) is 32.0 Å². The largest absolute Gasteiger partial charge is 0.494 e. The first-order valence-corrected chi connectivity index (χ1v) is 7.42. The summed E-state index contributed by atoms with van der Waals surface area (Å²) in [4.78, 5) is 13.2. The molecule has 116 valence electrons. The Morgan fingerprint density at radius 2 is 1.78 bits per heavy atom. The minimum Gasteiger partial charge on any atom is -0.494 e. The van der Waals surface area contributed by atoms with Gasteiger partial charge in [0.1, 0.15) is 17.2 Å². The number of hydrogen-bond acceptors (Lipinski definition) is 5. The highest BCUT2D eigenvalue weighted by Crippen LogP contribution is 2.24. The normalized spacial score (nSPS) is 10.3. The summed E-state index contributed by atoms with van der Waals surface area (Å²) in [7, 11) is 0. The minimum absolute atomic E-state index is 0.488. The van der Waals surface area contributed by atoms with Crippen molar-refractivity contribution in [3.63, 3.8) is 0 Å². The molecule has 23 heavy (non-hydrogen) atoms. The van der Waals surface area contributed by atoms with E-state index >= 15 is 0 Å². The van der Waals surface area contributed by atoms with Crippen LogP contribution in [0.3, 0.4) is 0 Å². The summed E-state index contributed by atoms with van der Waals surface area (Å²) in [5, 5.41) is 0. The van der Waals surface area contributed by atoms with E-state index in [9.17, 15) is 0 Å². The number of nitrogens with zero attached hydrogens (tertiary/aromatic N) is 3. The van der Waals surface area contributed by atoms with Crippen LogP contribution >= 0.6 is 0 Å². The van der Waals surface area contributed by atoms with Crippen LogP contribution in [-0.4, -0.2) is 21.6 Å². The van der Waals surface area contributed by atoms with Gasteiger partial charge in [-0.1, -0.05) is 18.2 Å².